The molecule has 3 heterocycles. The second kappa shape index (κ2) is 9.07. The van der Waals surface area contributed by atoms with Crippen LogP contribution in [0.2, 0.25) is 0 Å². The van der Waals surface area contributed by atoms with Crippen LogP contribution in [0.15, 0.2) is 12.1 Å². The van der Waals surface area contributed by atoms with Crippen molar-refractivity contribution in [1.29, 1.82) is 0 Å². The molecule has 1 fully saturated rings. The van der Waals surface area contributed by atoms with Crippen molar-refractivity contribution in [3.8, 4) is 11.5 Å². The number of alkyl carbamates (subject to hydrolysis) is 1. The van der Waals surface area contributed by atoms with Gasteiger partial charge in [-0.1, -0.05) is 0 Å². The number of carbonyl (C=O) groups is 2. The fourth-order valence-electron chi connectivity index (χ4n) is 4.91. The Morgan fingerprint density at radius 3 is 2.44 bits per heavy atom. The number of anilines is 1. The molecule has 2 N–H and O–H groups in total. The molecule has 0 spiro atoms. The van der Waals surface area contributed by atoms with Crippen LogP contribution < -0.4 is 20.1 Å². The normalized spacial score (nSPS) is 23.0. The predicted octanol–water partition coefficient (Wildman–Crippen LogP) is 4.81. The lowest BCUT2D eigenvalue weighted by atomic mass is 9.81. The SMILES string of the molecule is CC(C)(C)OC(=O)NCCC[C@@H]1Nc2cc3c(cc2[C@@H]2[C@H]1CCN2C(=O)OC(C)(C)C)OCO3. The summed E-state index contributed by atoms with van der Waals surface area (Å²) >= 11 is 0. The Morgan fingerprint density at radius 1 is 1.09 bits per heavy atom. The van der Waals surface area contributed by atoms with Crippen molar-refractivity contribution in [3.63, 3.8) is 0 Å². The Kier molecular flexibility index (Phi) is 6.48. The highest BCUT2D eigenvalue weighted by molar-refractivity contribution is 5.72. The lowest BCUT2D eigenvalue weighted by Gasteiger charge is -2.40. The summed E-state index contributed by atoms with van der Waals surface area (Å²) in [7, 11) is 0. The Balaban J connectivity index is 1.49. The first-order valence-corrected chi connectivity index (χ1v) is 12.1. The van der Waals surface area contributed by atoms with Gasteiger partial charge in [0.2, 0.25) is 6.79 Å². The fourth-order valence-corrected chi connectivity index (χ4v) is 4.91. The van der Waals surface area contributed by atoms with Crippen LogP contribution in [0.25, 0.3) is 0 Å². The molecule has 2 amide bonds. The van der Waals surface area contributed by atoms with E-state index >= 15 is 0 Å². The second-order valence-corrected chi connectivity index (χ2v) is 11.2. The molecule has 4 rings (SSSR count). The van der Waals surface area contributed by atoms with Crippen molar-refractivity contribution < 1.29 is 28.5 Å². The zero-order valence-corrected chi connectivity index (χ0v) is 21.0. The third-order valence-corrected chi connectivity index (χ3v) is 6.15. The lowest BCUT2D eigenvalue weighted by Crippen LogP contribution is -2.43. The van der Waals surface area contributed by atoms with E-state index in [1.807, 2.05) is 58.6 Å². The third-order valence-electron chi connectivity index (χ3n) is 6.15. The van der Waals surface area contributed by atoms with Crippen molar-refractivity contribution in [1.82, 2.24) is 10.2 Å². The molecule has 0 unspecified atom stereocenters. The first kappa shape index (κ1) is 24.3. The summed E-state index contributed by atoms with van der Waals surface area (Å²) in [5, 5.41) is 6.51. The Bertz CT molecular complexity index is 936. The maximum absolute atomic E-state index is 13.1. The topological polar surface area (TPSA) is 98.4 Å². The molecule has 0 aliphatic carbocycles. The van der Waals surface area contributed by atoms with E-state index in [1.54, 1.807) is 0 Å². The van der Waals surface area contributed by atoms with Gasteiger partial charge in [0.25, 0.3) is 0 Å². The van der Waals surface area contributed by atoms with Gasteiger partial charge >= 0.3 is 12.2 Å². The zero-order chi connectivity index (χ0) is 24.7. The highest BCUT2D eigenvalue weighted by Gasteiger charge is 2.47. The van der Waals surface area contributed by atoms with E-state index in [0.29, 0.717) is 24.6 Å². The summed E-state index contributed by atoms with van der Waals surface area (Å²) < 4.78 is 22.2. The van der Waals surface area contributed by atoms with Gasteiger partial charge in [0.1, 0.15) is 11.2 Å². The summed E-state index contributed by atoms with van der Waals surface area (Å²) in [4.78, 5) is 26.9. The number of nitrogens with zero attached hydrogens (tertiary/aromatic N) is 1. The first-order valence-electron chi connectivity index (χ1n) is 12.1. The van der Waals surface area contributed by atoms with Gasteiger partial charge in [0.15, 0.2) is 11.5 Å². The maximum atomic E-state index is 13.1. The second-order valence-electron chi connectivity index (χ2n) is 11.2. The Labute approximate surface area is 201 Å². The van der Waals surface area contributed by atoms with E-state index in [-0.39, 0.29) is 30.9 Å². The molecule has 0 saturated carbocycles. The van der Waals surface area contributed by atoms with E-state index in [1.165, 1.54) is 0 Å². The number of hydrogen-bond donors (Lipinski definition) is 2. The molecule has 1 saturated heterocycles. The van der Waals surface area contributed by atoms with E-state index in [4.69, 9.17) is 18.9 Å². The smallest absolute Gasteiger partial charge is 0.410 e. The molecule has 0 aromatic heterocycles. The van der Waals surface area contributed by atoms with Gasteiger partial charge in [-0.25, -0.2) is 9.59 Å². The summed E-state index contributed by atoms with van der Waals surface area (Å²) in [6.07, 6.45) is 1.79. The van der Waals surface area contributed by atoms with Gasteiger partial charge in [0.05, 0.1) is 6.04 Å². The molecule has 3 aliphatic heterocycles. The molecule has 0 radical (unpaired) electrons. The van der Waals surface area contributed by atoms with Crippen molar-refractivity contribution in [2.24, 2.45) is 5.92 Å². The molecular weight excluding hydrogens is 438 g/mol. The number of benzene rings is 1. The van der Waals surface area contributed by atoms with Crippen molar-refractivity contribution in [2.75, 3.05) is 25.2 Å². The quantitative estimate of drug-likeness (QED) is 0.603. The summed E-state index contributed by atoms with van der Waals surface area (Å²) in [5.41, 5.74) is 0.895. The molecule has 3 aliphatic rings. The van der Waals surface area contributed by atoms with Crippen molar-refractivity contribution in [3.05, 3.63) is 17.7 Å². The Hall–Kier alpha value is -2.84. The minimum Gasteiger partial charge on any atom is -0.454 e. The number of fused-ring (bicyclic) bond motifs is 4. The van der Waals surface area contributed by atoms with Crippen LogP contribution >= 0.6 is 0 Å². The van der Waals surface area contributed by atoms with Crippen LogP contribution in [-0.2, 0) is 9.47 Å². The Morgan fingerprint density at radius 2 is 1.76 bits per heavy atom. The van der Waals surface area contributed by atoms with E-state index in [0.717, 1.165) is 30.5 Å². The number of rotatable bonds is 4. The molecule has 0 bridgehead atoms. The number of ether oxygens (including phenoxy) is 4. The molecular formula is C25H37N3O6. The summed E-state index contributed by atoms with van der Waals surface area (Å²) in [6, 6.07) is 3.99. The number of amides is 2. The van der Waals surface area contributed by atoms with Crippen molar-refractivity contribution >= 4 is 17.9 Å². The van der Waals surface area contributed by atoms with Crippen LogP contribution in [0.4, 0.5) is 15.3 Å². The maximum Gasteiger partial charge on any atom is 0.410 e. The molecule has 34 heavy (non-hydrogen) atoms. The standard InChI is InChI=1S/C25H37N3O6/c1-24(2,3)33-22(29)26-10-7-8-17-15-9-11-28(23(30)34-25(4,5)6)21(15)16-12-19-20(32-14-31-19)13-18(16)27-17/h12-13,15,17,21,27H,7-11,14H2,1-6H3,(H,26,29)/t15-,17-,21-/m0/s1. The van der Waals surface area contributed by atoms with E-state index in [9.17, 15) is 9.59 Å². The number of likely N-dealkylation sites (tertiary alicyclic amines) is 1. The summed E-state index contributed by atoms with van der Waals surface area (Å²) in [5.74, 6) is 1.63. The van der Waals surface area contributed by atoms with Crippen LogP contribution in [0, 0.1) is 5.92 Å². The minimum absolute atomic E-state index is 0.107. The molecule has 1 aromatic carbocycles. The monoisotopic (exact) mass is 475 g/mol. The van der Waals surface area contributed by atoms with Gasteiger partial charge in [-0.15, -0.1) is 0 Å². The van der Waals surface area contributed by atoms with Crippen LogP contribution in [0.3, 0.4) is 0 Å². The average Bonchev–Trinajstić information content (AvgIpc) is 3.33. The minimum atomic E-state index is -0.563. The molecule has 188 valence electrons. The van der Waals surface area contributed by atoms with Crippen molar-refractivity contribution in [2.45, 2.75) is 84.1 Å². The largest absolute Gasteiger partial charge is 0.454 e. The van der Waals surface area contributed by atoms with Crippen LogP contribution in [0.5, 0.6) is 11.5 Å². The van der Waals surface area contributed by atoms with Gasteiger partial charge in [0, 0.05) is 42.4 Å². The number of carbonyl (C=O) groups excluding carboxylic acids is 2. The third kappa shape index (κ3) is 5.45. The van der Waals surface area contributed by atoms with Gasteiger partial charge in [-0.2, -0.15) is 0 Å². The zero-order valence-electron chi connectivity index (χ0n) is 21.0. The highest BCUT2D eigenvalue weighted by Crippen LogP contribution is 2.51. The van der Waals surface area contributed by atoms with Gasteiger partial charge < -0.3 is 34.5 Å². The number of hydrogen-bond acceptors (Lipinski definition) is 7. The average molecular weight is 476 g/mol. The lowest BCUT2D eigenvalue weighted by molar-refractivity contribution is 0.0196. The molecule has 1 aromatic rings. The predicted molar refractivity (Wildman–Crippen MR) is 127 cm³/mol. The fraction of sp³-hybridized carbons (Fsp3) is 0.680. The first-order chi connectivity index (χ1) is 15.9. The molecule has 9 nitrogen and oxygen atoms in total. The summed E-state index contributed by atoms with van der Waals surface area (Å²) in [6.45, 7) is 12.5. The molecule has 3 atom stereocenters. The van der Waals surface area contributed by atoms with Gasteiger partial charge in [-0.3, -0.25) is 0 Å². The van der Waals surface area contributed by atoms with E-state index < -0.39 is 17.3 Å². The van der Waals surface area contributed by atoms with Gasteiger partial charge in [-0.05, 0) is 66.9 Å². The molecule has 9 heteroatoms. The highest BCUT2D eigenvalue weighted by atomic mass is 16.7. The van der Waals surface area contributed by atoms with Crippen LogP contribution in [-0.4, -0.2) is 54.2 Å². The number of nitrogens with one attached hydrogen (secondary N) is 2. The van der Waals surface area contributed by atoms with E-state index in [2.05, 4.69) is 10.6 Å². The van der Waals surface area contributed by atoms with Crippen LogP contribution in [0.1, 0.15) is 72.4 Å².